The van der Waals surface area contributed by atoms with Crippen molar-refractivity contribution in [2.45, 2.75) is 6.55 Å². The van der Waals surface area contributed by atoms with Gasteiger partial charge in [0.2, 0.25) is 0 Å². The zero-order valence-electron chi connectivity index (χ0n) is 3.48. The largest absolute Gasteiger partial charge is 0.410 e. The summed E-state index contributed by atoms with van der Waals surface area (Å²) in [6, 6.07) is 0. The summed E-state index contributed by atoms with van der Waals surface area (Å²) >= 11 is 2.93. The van der Waals surface area contributed by atoms with Crippen molar-refractivity contribution in [3.63, 3.8) is 0 Å². The molecule has 0 aromatic carbocycles. The van der Waals surface area contributed by atoms with Crippen molar-refractivity contribution in [2.75, 3.05) is 4.95 Å². The Kier molecular flexibility index (Phi) is 2.28. The predicted octanol–water partition coefficient (Wildman–Crippen LogP) is -0.0229. The molecule has 6 heavy (non-hydrogen) atoms. The molecule has 4 heteroatoms. The summed E-state index contributed by atoms with van der Waals surface area (Å²) in [5, 5.41) is 0. The van der Waals surface area contributed by atoms with Gasteiger partial charge >= 0.3 is 8.56 Å². The van der Waals surface area contributed by atoms with Crippen LogP contribution in [0, 0.1) is 0 Å². The Bertz CT molecular complexity index is 41.3. The van der Waals surface area contributed by atoms with Gasteiger partial charge in [0.1, 0.15) is 0 Å². The summed E-state index contributed by atoms with van der Waals surface area (Å²) in [5.74, 6) is 0. The standard InChI is InChI=1S/C2H7BrO2Si/c1-6(4,5)2-3/h4-5H,2H2,1H3. The average Bonchev–Trinajstić information content (AvgIpc) is 1.35. The number of hydrogen-bond acceptors (Lipinski definition) is 2. The number of hydrogen-bond donors (Lipinski definition) is 2. The molecule has 0 bridgehead atoms. The van der Waals surface area contributed by atoms with E-state index in [0.29, 0.717) is 4.95 Å². The lowest BCUT2D eigenvalue weighted by atomic mass is 11.9. The highest BCUT2D eigenvalue weighted by molar-refractivity contribution is 9.09. The molecular formula is C2H7BrO2Si. The molecule has 2 N–H and O–H groups in total. The lowest BCUT2D eigenvalue weighted by molar-refractivity contribution is 0.381. The van der Waals surface area contributed by atoms with Crippen LogP contribution in [0.2, 0.25) is 6.55 Å². The molecule has 0 rings (SSSR count). The third-order valence-electron chi connectivity index (χ3n) is 0.253. The van der Waals surface area contributed by atoms with Crippen LogP contribution in [0.5, 0.6) is 0 Å². The normalized spacial score (nSPS) is 12.0. The van der Waals surface area contributed by atoms with Gasteiger partial charge in [0, 0.05) is 4.95 Å². The van der Waals surface area contributed by atoms with Crippen molar-refractivity contribution in [3.8, 4) is 0 Å². The van der Waals surface area contributed by atoms with E-state index >= 15 is 0 Å². The Hall–Kier alpha value is 0.617. The Balaban J connectivity index is 3.17. The molecule has 38 valence electrons. The Morgan fingerprint density at radius 1 is 1.67 bits per heavy atom. The lowest BCUT2D eigenvalue weighted by Crippen LogP contribution is -2.32. The van der Waals surface area contributed by atoms with Gasteiger partial charge in [-0.05, 0) is 6.55 Å². The van der Waals surface area contributed by atoms with Crippen molar-refractivity contribution < 1.29 is 9.59 Å². The van der Waals surface area contributed by atoms with E-state index in [1.54, 1.807) is 0 Å². The van der Waals surface area contributed by atoms with Gasteiger partial charge in [-0.2, -0.15) is 0 Å². The average molecular weight is 171 g/mol. The summed E-state index contributed by atoms with van der Waals surface area (Å²) in [5.41, 5.74) is 0. The highest BCUT2D eigenvalue weighted by atomic mass is 79.9. The van der Waals surface area contributed by atoms with Gasteiger partial charge in [-0.15, -0.1) is 0 Å². The van der Waals surface area contributed by atoms with Crippen molar-refractivity contribution in [1.29, 1.82) is 0 Å². The minimum atomic E-state index is -2.71. The Labute approximate surface area is 46.2 Å². The maximum absolute atomic E-state index is 8.47. The minimum absolute atomic E-state index is 0.333. The summed E-state index contributed by atoms with van der Waals surface area (Å²) in [4.78, 5) is 17.3. The van der Waals surface area contributed by atoms with Crippen LogP contribution in [0.15, 0.2) is 0 Å². The SMILES string of the molecule is C[Si](O)(O)CBr. The van der Waals surface area contributed by atoms with Crippen LogP contribution < -0.4 is 0 Å². The predicted molar refractivity (Wildman–Crippen MR) is 29.8 cm³/mol. The van der Waals surface area contributed by atoms with E-state index in [0.717, 1.165) is 0 Å². The van der Waals surface area contributed by atoms with Gasteiger partial charge in [-0.25, -0.2) is 0 Å². The minimum Gasteiger partial charge on any atom is -0.410 e. The molecule has 0 unspecified atom stereocenters. The first-order valence-electron chi connectivity index (χ1n) is 1.57. The zero-order chi connectivity index (χ0) is 5.21. The first-order chi connectivity index (χ1) is 2.56. The van der Waals surface area contributed by atoms with Crippen molar-refractivity contribution in [1.82, 2.24) is 0 Å². The third kappa shape index (κ3) is 4.62. The number of rotatable bonds is 1. The summed E-state index contributed by atoms with van der Waals surface area (Å²) in [6.07, 6.45) is 0. The Morgan fingerprint density at radius 3 is 1.83 bits per heavy atom. The van der Waals surface area contributed by atoms with Crippen molar-refractivity contribution in [3.05, 3.63) is 0 Å². The van der Waals surface area contributed by atoms with Gasteiger partial charge in [-0.3, -0.25) is 0 Å². The summed E-state index contributed by atoms with van der Waals surface area (Å²) in [7, 11) is -2.71. The van der Waals surface area contributed by atoms with E-state index in [-0.39, 0.29) is 0 Å². The van der Waals surface area contributed by atoms with Crippen LogP contribution in [0.4, 0.5) is 0 Å². The second-order valence-electron chi connectivity index (χ2n) is 1.35. The van der Waals surface area contributed by atoms with Gasteiger partial charge in [0.05, 0.1) is 0 Å². The fraction of sp³-hybridized carbons (Fsp3) is 1.00. The van der Waals surface area contributed by atoms with Crippen LogP contribution in [0.3, 0.4) is 0 Å². The van der Waals surface area contributed by atoms with E-state index in [2.05, 4.69) is 15.9 Å². The molecule has 0 radical (unpaired) electrons. The van der Waals surface area contributed by atoms with Crippen LogP contribution in [-0.2, 0) is 0 Å². The van der Waals surface area contributed by atoms with Crippen LogP contribution in [0.1, 0.15) is 0 Å². The first-order valence-corrected chi connectivity index (χ1v) is 5.29. The quantitative estimate of drug-likeness (QED) is 0.430. The van der Waals surface area contributed by atoms with Gasteiger partial charge < -0.3 is 9.59 Å². The molecule has 0 heterocycles. The molecular weight excluding hydrogens is 164 g/mol. The second kappa shape index (κ2) is 2.06. The molecule has 0 saturated carbocycles. The first kappa shape index (κ1) is 6.62. The molecule has 0 saturated heterocycles. The molecule has 2 nitrogen and oxygen atoms in total. The van der Waals surface area contributed by atoms with Crippen LogP contribution >= 0.6 is 15.9 Å². The van der Waals surface area contributed by atoms with Gasteiger partial charge in [0.15, 0.2) is 0 Å². The molecule has 0 spiro atoms. The van der Waals surface area contributed by atoms with Crippen LogP contribution in [0.25, 0.3) is 0 Å². The molecule has 0 aliphatic rings. The van der Waals surface area contributed by atoms with Gasteiger partial charge in [-0.1, -0.05) is 15.9 Å². The lowest BCUT2D eigenvalue weighted by Gasteiger charge is -2.03. The maximum Gasteiger partial charge on any atom is 0.340 e. The second-order valence-corrected chi connectivity index (χ2v) is 5.73. The topological polar surface area (TPSA) is 40.5 Å². The number of halogens is 1. The maximum atomic E-state index is 8.47. The van der Waals surface area contributed by atoms with E-state index in [9.17, 15) is 0 Å². The van der Waals surface area contributed by atoms with E-state index in [1.165, 1.54) is 6.55 Å². The molecule has 0 aliphatic heterocycles. The molecule has 0 aromatic heterocycles. The smallest absolute Gasteiger partial charge is 0.340 e. The third-order valence-corrected chi connectivity index (χ3v) is 3.95. The van der Waals surface area contributed by atoms with E-state index < -0.39 is 8.56 Å². The molecule has 0 atom stereocenters. The molecule has 0 aromatic rings. The van der Waals surface area contributed by atoms with Gasteiger partial charge in [0.25, 0.3) is 0 Å². The molecule has 0 aliphatic carbocycles. The van der Waals surface area contributed by atoms with E-state index in [1.807, 2.05) is 0 Å². The summed E-state index contributed by atoms with van der Waals surface area (Å²) < 4.78 is 0. The Morgan fingerprint density at radius 2 is 1.83 bits per heavy atom. The molecule has 0 amide bonds. The van der Waals surface area contributed by atoms with Crippen LogP contribution in [-0.4, -0.2) is 23.1 Å². The van der Waals surface area contributed by atoms with Crippen molar-refractivity contribution in [2.24, 2.45) is 0 Å². The fourth-order valence-electron chi connectivity index (χ4n) is 0. The highest BCUT2D eigenvalue weighted by Crippen LogP contribution is 1.93. The monoisotopic (exact) mass is 170 g/mol. The number of alkyl halides is 1. The molecule has 0 fully saturated rings. The van der Waals surface area contributed by atoms with E-state index in [4.69, 9.17) is 9.59 Å². The highest BCUT2D eigenvalue weighted by Gasteiger charge is 2.17. The zero-order valence-corrected chi connectivity index (χ0v) is 6.07. The fourth-order valence-corrected chi connectivity index (χ4v) is 0. The van der Waals surface area contributed by atoms with Crippen molar-refractivity contribution >= 4 is 24.5 Å². The summed E-state index contributed by atoms with van der Waals surface area (Å²) in [6.45, 7) is 1.45.